The minimum Gasteiger partial charge on any atom is -0.454 e. The van der Waals surface area contributed by atoms with Crippen LogP contribution in [-0.2, 0) is 22.7 Å². The number of para-hydroxylation sites is 1. The van der Waals surface area contributed by atoms with Crippen LogP contribution >= 0.6 is 22.9 Å². The number of aromatic nitrogens is 4. The molecule has 0 fully saturated rings. The number of carbonyl (C=O) groups excluding carboxylic acids is 2. The number of nitrogens with one attached hydrogen (secondary N) is 1. The van der Waals surface area contributed by atoms with Crippen molar-refractivity contribution < 1.29 is 19.1 Å². The molecule has 1 aliphatic heterocycles. The van der Waals surface area contributed by atoms with Crippen molar-refractivity contribution in [3.8, 4) is 22.8 Å². The average Bonchev–Trinajstić information content (AvgIpc) is 3.76. The third-order valence-corrected chi connectivity index (χ3v) is 8.48. The van der Waals surface area contributed by atoms with Gasteiger partial charge in [-0.15, -0.1) is 16.4 Å². The average molecular weight is 603 g/mol. The molecule has 0 spiro atoms. The van der Waals surface area contributed by atoms with E-state index in [0.717, 1.165) is 16.8 Å². The predicted octanol–water partition coefficient (Wildman–Crippen LogP) is 5.77. The second kappa shape index (κ2) is 11.4. The maximum atomic E-state index is 14.1. The topological polar surface area (TPSA) is 111 Å². The van der Waals surface area contributed by atoms with Crippen LogP contribution in [0.4, 0.5) is 5.69 Å². The third kappa shape index (κ3) is 5.40. The van der Waals surface area contributed by atoms with Crippen LogP contribution in [0.25, 0.3) is 22.3 Å². The van der Waals surface area contributed by atoms with E-state index >= 15 is 0 Å². The van der Waals surface area contributed by atoms with Crippen molar-refractivity contribution in [2.24, 2.45) is 0 Å². The van der Waals surface area contributed by atoms with Crippen LogP contribution < -0.4 is 14.8 Å². The monoisotopic (exact) mass is 602 g/mol. The van der Waals surface area contributed by atoms with Gasteiger partial charge in [0, 0.05) is 27.7 Å². The first-order chi connectivity index (χ1) is 20.3. The fourth-order valence-electron chi connectivity index (χ4n) is 4.77. The highest BCUT2D eigenvalue weighted by Gasteiger charge is 2.41. The molecule has 12 heteroatoms. The summed E-state index contributed by atoms with van der Waals surface area (Å²) < 4.78 is 12.4. The summed E-state index contributed by atoms with van der Waals surface area (Å²) in [6.45, 7) is 3.81. The van der Waals surface area contributed by atoms with Crippen LogP contribution in [0.2, 0.25) is 5.02 Å². The Labute approximate surface area is 250 Å². The van der Waals surface area contributed by atoms with E-state index in [4.69, 9.17) is 26.1 Å². The first kappa shape index (κ1) is 27.7. The quantitative estimate of drug-likeness (QED) is 0.228. The lowest BCUT2D eigenvalue weighted by Gasteiger charge is -2.39. The van der Waals surface area contributed by atoms with Crippen molar-refractivity contribution in [1.82, 2.24) is 24.9 Å². The molecule has 42 heavy (non-hydrogen) atoms. The fourth-order valence-corrected chi connectivity index (χ4v) is 5.69. The van der Waals surface area contributed by atoms with Crippen LogP contribution in [0.3, 0.4) is 0 Å². The molecule has 0 saturated heterocycles. The van der Waals surface area contributed by atoms with Crippen LogP contribution in [0.1, 0.15) is 25.3 Å². The number of amides is 2. The zero-order valence-electron chi connectivity index (χ0n) is 22.9. The summed E-state index contributed by atoms with van der Waals surface area (Å²) in [6.07, 6.45) is 0.350. The highest BCUT2D eigenvalue weighted by Crippen LogP contribution is 2.35. The van der Waals surface area contributed by atoms with Crippen molar-refractivity contribution in [3.05, 3.63) is 82.1 Å². The van der Waals surface area contributed by atoms with Gasteiger partial charge < -0.3 is 19.7 Å². The number of hydrogen-bond acceptors (Lipinski definition) is 8. The van der Waals surface area contributed by atoms with Crippen molar-refractivity contribution in [3.63, 3.8) is 0 Å². The molecular weight excluding hydrogens is 576 g/mol. The number of nitrogens with zero attached hydrogens (tertiary/aromatic N) is 5. The SMILES string of the molecule is CCC(C)(C(=O)Nc1ccc2c(c1)OCO2)N(Cc1nc(-c2ccc(Cl)cc2)cs1)C(=O)Cn1nnc2ccccc21. The molecule has 1 atom stereocenters. The fraction of sp³-hybridized carbons (Fsp3) is 0.233. The van der Waals surface area contributed by atoms with Crippen molar-refractivity contribution in [1.29, 1.82) is 0 Å². The Balaban J connectivity index is 1.31. The number of carbonyl (C=O) groups is 2. The standard InChI is InChI=1S/C30H27ClN6O4S/c1-3-30(2,29(39)32-21-12-13-25-26(14-21)41-18-40-25)36(28(38)16-37-24-7-5-4-6-22(24)34-35-37)15-27-33-23(17-42-27)19-8-10-20(31)11-9-19/h4-14,17H,3,15-16,18H2,1-2H3,(H,32,39). The Morgan fingerprint density at radius 3 is 2.69 bits per heavy atom. The van der Waals surface area contributed by atoms with Gasteiger partial charge in [-0.3, -0.25) is 9.59 Å². The number of rotatable bonds is 9. The van der Waals surface area contributed by atoms with Gasteiger partial charge >= 0.3 is 0 Å². The van der Waals surface area contributed by atoms with E-state index in [2.05, 4.69) is 15.6 Å². The Kier molecular flexibility index (Phi) is 7.53. The van der Waals surface area contributed by atoms with E-state index in [1.54, 1.807) is 34.7 Å². The van der Waals surface area contributed by atoms with Crippen molar-refractivity contribution >= 4 is 51.5 Å². The molecule has 1 unspecified atom stereocenters. The zero-order valence-corrected chi connectivity index (χ0v) is 24.5. The molecule has 10 nitrogen and oxygen atoms in total. The third-order valence-electron chi connectivity index (χ3n) is 7.40. The molecule has 3 heterocycles. The largest absolute Gasteiger partial charge is 0.454 e. The van der Waals surface area contributed by atoms with Gasteiger partial charge in [-0.25, -0.2) is 9.67 Å². The Morgan fingerprint density at radius 1 is 1.10 bits per heavy atom. The lowest BCUT2D eigenvalue weighted by atomic mass is 9.94. The second-order valence-corrected chi connectivity index (χ2v) is 11.4. The second-order valence-electron chi connectivity index (χ2n) is 10.00. The summed E-state index contributed by atoms with van der Waals surface area (Å²) in [6, 6.07) is 20.0. The Bertz CT molecular complexity index is 1770. The number of hydrogen-bond donors (Lipinski definition) is 1. The summed E-state index contributed by atoms with van der Waals surface area (Å²) in [4.78, 5) is 34.4. The van der Waals surface area contributed by atoms with Crippen molar-refractivity contribution in [2.45, 2.75) is 38.9 Å². The van der Waals surface area contributed by atoms with E-state index in [0.29, 0.717) is 39.2 Å². The number of anilines is 1. The summed E-state index contributed by atoms with van der Waals surface area (Å²) in [5.74, 6) is 0.534. The molecule has 2 amide bonds. The molecule has 5 aromatic rings. The van der Waals surface area contributed by atoms with Crippen LogP contribution in [-0.4, -0.2) is 49.0 Å². The van der Waals surface area contributed by atoms with Gasteiger partial charge in [-0.1, -0.05) is 48.0 Å². The Morgan fingerprint density at radius 2 is 1.88 bits per heavy atom. The molecule has 0 radical (unpaired) electrons. The van der Waals surface area contributed by atoms with E-state index < -0.39 is 5.54 Å². The number of benzene rings is 3. The molecule has 1 N–H and O–H groups in total. The number of thiazole rings is 1. The van der Waals surface area contributed by atoms with E-state index in [1.165, 1.54) is 11.3 Å². The minimum absolute atomic E-state index is 0.0944. The Hall–Kier alpha value is -4.48. The first-order valence-corrected chi connectivity index (χ1v) is 14.6. The highest BCUT2D eigenvalue weighted by atomic mass is 35.5. The molecular formula is C30H27ClN6O4S. The molecule has 0 saturated carbocycles. The lowest BCUT2D eigenvalue weighted by Crippen LogP contribution is -2.57. The van der Waals surface area contributed by atoms with Gasteiger partial charge in [0.25, 0.3) is 0 Å². The summed E-state index contributed by atoms with van der Waals surface area (Å²) >= 11 is 7.49. The van der Waals surface area contributed by atoms with Gasteiger partial charge in [0.05, 0.1) is 17.8 Å². The molecule has 0 bridgehead atoms. The van der Waals surface area contributed by atoms with E-state index in [9.17, 15) is 9.59 Å². The highest BCUT2D eigenvalue weighted by molar-refractivity contribution is 7.09. The van der Waals surface area contributed by atoms with E-state index in [-0.39, 0.29) is 31.7 Å². The molecule has 0 aliphatic carbocycles. The smallest absolute Gasteiger partial charge is 0.250 e. The van der Waals surface area contributed by atoms with Gasteiger partial charge in [0.1, 0.15) is 22.6 Å². The summed E-state index contributed by atoms with van der Waals surface area (Å²) in [7, 11) is 0. The minimum atomic E-state index is -1.23. The number of halogens is 1. The maximum Gasteiger partial charge on any atom is 0.250 e. The number of ether oxygens (including phenoxy) is 2. The predicted molar refractivity (Wildman–Crippen MR) is 161 cm³/mol. The maximum absolute atomic E-state index is 14.1. The molecule has 214 valence electrons. The van der Waals surface area contributed by atoms with Gasteiger partial charge in [0.2, 0.25) is 18.6 Å². The van der Waals surface area contributed by atoms with E-state index in [1.807, 2.05) is 60.8 Å². The van der Waals surface area contributed by atoms with Gasteiger partial charge in [-0.05, 0) is 49.7 Å². The summed E-state index contributed by atoms with van der Waals surface area (Å²) in [5, 5.41) is 14.6. The molecule has 6 rings (SSSR count). The lowest BCUT2D eigenvalue weighted by molar-refractivity contribution is -0.146. The molecule has 3 aromatic carbocycles. The van der Waals surface area contributed by atoms with Crippen LogP contribution in [0.15, 0.2) is 72.1 Å². The first-order valence-electron chi connectivity index (χ1n) is 13.3. The zero-order chi connectivity index (χ0) is 29.3. The van der Waals surface area contributed by atoms with Gasteiger partial charge in [-0.2, -0.15) is 0 Å². The molecule has 1 aliphatic rings. The normalized spacial score (nSPS) is 13.6. The van der Waals surface area contributed by atoms with Crippen molar-refractivity contribution in [2.75, 3.05) is 12.1 Å². The summed E-state index contributed by atoms with van der Waals surface area (Å²) in [5.41, 5.74) is 2.40. The van der Waals surface area contributed by atoms with Crippen LogP contribution in [0, 0.1) is 0 Å². The number of fused-ring (bicyclic) bond motifs is 2. The molecule has 2 aromatic heterocycles. The van der Waals surface area contributed by atoms with Gasteiger partial charge in [0.15, 0.2) is 11.5 Å². The van der Waals surface area contributed by atoms with Crippen LogP contribution in [0.5, 0.6) is 11.5 Å².